The van der Waals surface area contributed by atoms with E-state index in [1.165, 1.54) is 26.0 Å². The number of carbonyl (C=O) groups excluding carboxylic acids is 3. The third-order valence-corrected chi connectivity index (χ3v) is 5.05. The number of imide groups is 1. The molecule has 0 radical (unpaired) electrons. The SMILES string of the molecule is COCCCN1C(=O)C(Nc2ccc(NC(C)=O)cc2)=C(c2ccc(OC)c(OC)c2)C1=O. The van der Waals surface area contributed by atoms with E-state index in [2.05, 4.69) is 10.6 Å². The lowest BCUT2D eigenvalue weighted by molar-refractivity contribution is -0.137. The van der Waals surface area contributed by atoms with E-state index < -0.39 is 11.8 Å². The second kappa shape index (κ2) is 10.6. The molecule has 0 saturated carbocycles. The van der Waals surface area contributed by atoms with Gasteiger partial charge in [0.15, 0.2) is 11.5 Å². The number of methoxy groups -OCH3 is 3. The number of rotatable bonds is 10. The Morgan fingerprint density at radius 2 is 1.58 bits per heavy atom. The molecule has 0 bridgehead atoms. The van der Waals surface area contributed by atoms with Crippen molar-refractivity contribution in [2.24, 2.45) is 0 Å². The van der Waals surface area contributed by atoms with Crippen molar-refractivity contribution in [3.8, 4) is 11.5 Å². The highest BCUT2D eigenvalue weighted by Crippen LogP contribution is 2.35. The predicted octanol–water partition coefficient (Wildman–Crippen LogP) is 2.89. The molecule has 2 aromatic carbocycles. The Kier molecular flexibility index (Phi) is 7.68. The molecular weight excluding hydrogens is 426 g/mol. The molecule has 2 N–H and O–H groups in total. The van der Waals surface area contributed by atoms with Gasteiger partial charge in [-0.05, 0) is 48.4 Å². The van der Waals surface area contributed by atoms with Gasteiger partial charge in [-0.25, -0.2) is 0 Å². The maximum Gasteiger partial charge on any atom is 0.278 e. The lowest BCUT2D eigenvalue weighted by Crippen LogP contribution is -2.33. The molecule has 174 valence electrons. The number of benzene rings is 2. The van der Waals surface area contributed by atoms with Crippen LogP contribution in [0.3, 0.4) is 0 Å². The van der Waals surface area contributed by atoms with Gasteiger partial charge in [0, 0.05) is 38.6 Å². The first-order chi connectivity index (χ1) is 15.9. The number of amides is 3. The Hall–Kier alpha value is -3.85. The first-order valence-corrected chi connectivity index (χ1v) is 10.4. The van der Waals surface area contributed by atoms with Gasteiger partial charge in [-0.2, -0.15) is 0 Å². The Morgan fingerprint density at radius 1 is 0.909 bits per heavy atom. The summed E-state index contributed by atoms with van der Waals surface area (Å²) in [6.07, 6.45) is 0.520. The first kappa shape index (κ1) is 23.8. The Morgan fingerprint density at radius 3 is 2.18 bits per heavy atom. The van der Waals surface area contributed by atoms with E-state index in [-0.39, 0.29) is 23.7 Å². The maximum atomic E-state index is 13.3. The van der Waals surface area contributed by atoms with Gasteiger partial charge in [-0.1, -0.05) is 6.07 Å². The van der Waals surface area contributed by atoms with Crippen LogP contribution in [0.1, 0.15) is 18.9 Å². The van der Waals surface area contributed by atoms with E-state index in [0.717, 1.165) is 0 Å². The van der Waals surface area contributed by atoms with Gasteiger partial charge < -0.3 is 24.8 Å². The molecule has 9 nitrogen and oxygen atoms in total. The van der Waals surface area contributed by atoms with Crippen LogP contribution in [0.5, 0.6) is 11.5 Å². The van der Waals surface area contributed by atoms with Crippen LogP contribution in [-0.4, -0.2) is 57.1 Å². The van der Waals surface area contributed by atoms with Gasteiger partial charge in [-0.3, -0.25) is 19.3 Å². The van der Waals surface area contributed by atoms with Crippen molar-refractivity contribution in [2.45, 2.75) is 13.3 Å². The van der Waals surface area contributed by atoms with Gasteiger partial charge >= 0.3 is 0 Å². The smallest absolute Gasteiger partial charge is 0.278 e. The molecule has 0 unspecified atom stereocenters. The molecule has 2 aromatic rings. The molecule has 1 heterocycles. The Balaban J connectivity index is 1.99. The number of nitrogens with one attached hydrogen (secondary N) is 2. The summed E-state index contributed by atoms with van der Waals surface area (Å²) >= 11 is 0. The van der Waals surface area contributed by atoms with Gasteiger partial charge in [0.2, 0.25) is 5.91 Å². The van der Waals surface area contributed by atoms with Gasteiger partial charge in [0.25, 0.3) is 11.8 Å². The normalized spacial score (nSPS) is 13.4. The highest BCUT2D eigenvalue weighted by molar-refractivity contribution is 6.36. The van der Waals surface area contributed by atoms with Crippen LogP contribution in [0.4, 0.5) is 11.4 Å². The Bertz CT molecular complexity index is 1080. The Labute approximate surface area is 192 Å². The number of hydrogen-bond donors (Lipinski definition) is 2. The second-order valence-electron chi connectivity index (χ2n) is 7.31. The first-order valence-electron chi connectivity index (χ1n) is 10.4. The molecule has 3 rings (SSSR count). The van der Waals surface area contributed by atoms with Crippen LogP contribution in [0.2, 0.25) is 0 Å². The molecule has 3 amide bonds. The van der Waals surface area contributed by atoms with E-state index in [1.807, 2.05) is 0 Å². The van der Waals surface area contributed by atoms with Crippen molar-refractivity contribution in [1.82, 2.24) is 4.90 Å². The topological polar surface area (TPSA) is 106 Å². The van der Waals surface area contributed by atoms with E-state index >= 15 is 0 Å². The number of ether oxygens (including phenoxy) is 3. The summed E-state index contributed by atoms with van der Waals surface area (Å²) in [5, 5.41) is 5.78. The summed E-state index contributed by atoms with van der Waals surface area (Å²) in [6.45, 7) is 2.08. The fourth-order valence-corrected chi connectivity index (χ4v) is 3.51. The summed E-state index contributed by atoms with van der Waals surface area (Å²) in [4.78, 5) is 39.0. The van der Waals surface area contributed by atoms with Crippen LogP contribution >= 0.6 is 0 Å². The average Bonchev–Trinajstić information content (AvgIpc) is 3.03. The summed E-state index contributed by atoms with van der Waals surface area (Å²) in [5.74, 6) is -0.0526. The molecular formula is C24H27N3O6. The van der Waals surface area contributed by atoms with E-state index in [1.54, 1.807) is 49.6 Å². The lowest BCUT2D eigenvalue weighted by atomic mass is 10.0. The molecule has 33 heavy (non-hydrogen) atoms. The highest BCUT2D eigenvalue weighted by atomic mass is 16.5. The molecule has 0 spiro atoms. The number of carbonyl (C=O) groups is 3. The lowest BCUT2D eigenvalue weighted by Gasteiger charge is -2.15. The van der Waals surface area contributed by atoms with Gasteiger partial charge in [0.1, 0.15) is 5.70 Å². The fourth-order valence-electron chi connectivity index (χ4n) is 3.51. The van der Waals surface area contributed by atoms with E-state index in [0.29, 0.717) is 41.5 Å². The average molecular weight is 453 g/mol. The highest BCUT2D eigenvalue weighted by Gasteiger charge is 2.39. The minimum Gasteiger partial charge on any atom is -0.493 e. The standard InChI is InChI=1S/C24H27N3O6/c1-15(28)25-17-7-9-18(10-8-17)26-22-21(16-6-11-19(32-3)20(14-16)33-4)23(29)27(24(22)30)12-5-13-31-2/h6-11,14,26H,5,12-13H2,1-4H3,(H,25,28). The molecule has 9 heteroatoms. The molecule has 0 saturated heterocycles. The van der Waals surface area contributed by atoms with Crippen molar-refractivity contribution >= 4 is 34.7 Å². The monoisotopic (exact) mass is 453 g/mol. The summed E-state index contributed by atoms with van der Waals surface area (Å²) in [6, 6.07) is 11.9. The predicted molar refractivity (Wildman–Crippen MR) is 124 cm³/mol. The van der Waals surface area contributed by atoms with Crippen LogP contribution in [0.15, 0.2) is 48.2 Å². The van der Waals surface area contributed by atoms with Crippen molar-refractivity contribution < 1.29 is 28.6 Å². The van der Waals surface area contributed by atoms with Crippen molar-refractivity contribution in [3.05, 3.63) is 53.7 Å². The van der Waals surface area contributed by atoms with E-state index in [4.69, 9.17) is 14.2 Å². The summed E-state index contributed by atoms with van der Waals surface area (Å²) in [5.41, 5.74) is 2.15. The fraction of sp³-hybridized carbons (Fsp3) is 0.292. The van der Waals surface area contributed by atoms with Crippen molar-refractivity contribution in [2.75, 3.05) is 45.1 Å². The minimum atomic E-state index is -0.424. The number of nitrogens with zero attached hydrogens (tertiary/aromatic N) is 1. The zero-order valence-electron chi connectivity index (χ0n) is 19.1. The quantitative estimate of drug-likeness (QED) is 0.421. The van der Waals surface area contributed by atoms with Crippen molar-refractivity contribution in [1.29, 1.82) is 0 Å². The second-order valence-corrected chi connectivity index (χ2v) is 7.31. The molecule has 0 aliphatic carbocycles. The van der Waals surface area contributed by atoms with Crippen LogP contribution in [0.25, 0.3) is 5.57 Å². The zero-order valence-corrected chi connectivity index (χ0v) is 19.1. The third kappa shape index (κ3) is 5.32. The van der Waals surface area contributed by atoms with Crippen LogP contribution in [-0.2, 0) is 19.1 Å². The van der Waals surface area contributed by atoms with Crippen LogP contribution in [0, 0.1) is 0 Å². The maximum absolute atomic E-state index is 13.3. The molecule has 0 aromatic heterocycles. The molecule has 1 aliphatic heterocycles. The minimum absolute atomic E-state index is 0.164. The largest absolute Gasteiger partial charge is 0.493 e. The third-order valence-electron chi connectivity index (χ3n) is 5.05. The molecule has 0 fully saturated rings. The van der Waals surface area contributed by atoms with E-state index in [9.17, 15) is 14.4 Å². The molecule has 0 atom stereocenters. The van der Waals surface area contributed by atoms with Crippen LogP contribution < -0.4 is 20.1 Å². The summed E-state index contributed by atoms with van der Waals surface area (Å²) in [7, 11) is 4.60. The molecule has 1 aliphatic rings. The number of hydrogen-bond acceptors (Lipinski definition) is 7. The number of anilines is 2. The van der Waals surface area contributed by atoms with Gasteiger partial charge in [0.05, 0.1) is 19.8 Å². The summed E-state index contributed by atoms with van der Waals surface area (Å²) < 4.78 is 15.7. The van der Waals surface area contributed by atoms with Crippen molar-refractivity contribution in [3.63, 3.8) is 0 Å². The zero-order chi connectivity index (χ0) is 24.0. The van der Waals surface area contributed by atoms with Gasteiger partial charge in [-0.15, -0.1) is 0 Å².